The van der Waals surface area contributed by atoms with Gasteiger partial charge >= 0.3 is 0 Å². The summed E-state index contributed by atoms with van der Waals surface area (Å²) in [5, 5.41) is 0. The van der Waals surface area contributed by atoms with Gasteiger partial charge in [-0.3, -0.25) is 4.98 Å². The molecule has 4 nitrogen and oxygen atoms in total. The van der Waals surface area contributed by atoms with Crippen LogP contribution in [0.25, 0.3) is 11.4 Å². The van der Waals surface area contributed by atoms with Crippen LogP contribution in [0.2, 0.25) is 0 Å². The summed E-state index contributed by atoms with van der Waals surface area (Å²) < 4.78 is 0. The van der Waals surface area contributed by atoms with E-state index >= 15 is 0 Å². The lowest BCUT2D eigenvalue weighted by Crippen LogP contribution is -2.06. The molecule has 0 unspecified atom stereocenters. The minimum absolute atomic E-state index is 0.600. The van der Waals surface area contributed by atoms with Crippen molar-refractivity contribution in [2.45, 2.75) is 13.3 Å². The van der Waals surface area contributed by atoms with Crippen LogP contribution in [0.15, 0.2) is 30.6 Å². The molecule has 2 N–H and O–H groups in total. The molecule has 0 radical (unpaired) electrons. The van der Waals surface area contributed by atoms with E-state index in [1.54, 1.807) is 12.4 Å². The van der Waals surface area contributed by atoms with E-state index in [4.69, 9.17) is 5.73 Å². The van der Waals surface area contributed by atoms with Crippen molar-refractivity contribution < 1.29 is 0 Å². The van der Waals surface area contributed by atoms with E-state index in [-0.39, 0.29) is 0 Å². The second kappa shape index (κ2) is 4.81. The smallest absolute Gasteiger partial charge is 0.161 e. The van der Waals surface area contributed by atoms with E-state index in [2.05, 4.69) is 15.0 Å². The molecular weight excluding hydrogens is 200 g/mol. The van der Waals surface area contributed by atoms with E-state index in [1.807, 2.05) is 25.1 Å². The van der Waals surface area contributed by atoms with Crippen molar-refractivity contribution in [1.82, 2.24) is 15.0 Å². The molecule has 2 heterocycles. The van der Waals surface area contributed by atoms with Crippen LogP contribution in [0.5, 0.6) is 0 Å². The van der Waals surface area contributed by atoms with Crippen LogP contribution >= 0.6 is 0 Å². The molecule has 2 aromatic heterocycles. The number of nitrogens with zero attached hydrogens (tertiary/aromatic N) is 3. The van der Waals surface area contributed by atoms with Gasteiger partial charge in [0.1, 0.15) is 0 Å². The molecule has 82 valence electrons. The van der Waals surface area contributed by atoms with Crippen molar-refractivity contribution >= 4 is 0 Å². The molecule has 0 aromatic carbocycles. The van der Waals surface area contributed by atoms with Crippen LogP contribution < -0.4 is 5.73 Å². The van der Waals surface area contributed by atoms with Crippen molar-refractivity contribution in [1.29, 1.82) is 0 Å². The summed E-state index contributed by atoms with van der Waals surface area (Å²) in [6, 6.07) is 5.80. The Balaban J connectivity index is 2.41. The molecule has 0 aliphatic rings. The van der Waals surface area contributed by atoms with Gasteiger partial charge in [-0.05, 0) is 31.7 Å². The summed E-state index contributed by atoms with van der Waals surface area (Å²) in [6.07, 6.45) is 4.28. The first kappa shape index (κ1) is 10.7. The van der Waals surface area contributed by atoms with Gasteiger partial charge in [0.25, 0.3) is 0 Å². The predicted octanol–water partition coefficient (Wildman–Crippen LogP) is 1.35. The number of nitrogens with two attached hydrogens (primary N) is 1. The number of aromatic nitrogens is 3. The number of rotatable bonds is 3. The lowest BCUT2D eigenvalue weighted by atomic mass is 10.2. The topological polar surface area (TPSA) is 64.7 Å². The molecule has 0 amide bonds. The van der Waals surface area contributed by atoms with Gasteiger partial charge in [-0.25, -0.2) is 9.97 Å². The van der Waals surface area contributed by atoms with Gasteiger partial charge in [-0.15, -0.1) is 0 Å². The summed E-state index contributed by atoms with van der Waals surface area (Å²) >= 11 is 0. The lowest BCUT2D eigenvalue weighted by molar-refractivity contribution is 0.904. The van der Waals surface area contributed by atoms with Gasteiger partial charge in [0, 0.05) is 35.8 Å². The van der Waals surface area contributed by atoms with Crippen molar-refractivity contribution in [3.05, 3.63) is 42.0 Å². The molecule has 0 bridgehead atoms. The van der Waals surface area contributed by atoms with E-state index in [9.17, 15) is 0 Å². The number of hydrogen-bond acceptors (Lipinski definition) is 4. The third-order valence-corrected chi connectivity index (χ3v) is 2.23. The second-order valence-corrected chi connectivity index (χ2v) is 3.60. The summed E-state index contributed by atoms with van der Waals surface area (Å²) in [5.41, 5.74) is 8.40. The van der Waals surface area contributed by atoms with Crippen molar-refractivity contribution in [3.63, 3.8) is 0 Å². The predicted molar refractivity (Wildman–Crippen MR) is 62.8 cm³/mol. The van der Waals surface area contributed by atoms with Crippen molar-refractivity contribution in [2.75, 3.05) is 6.54 Å². The minimum Gasteiger partial charge on any atom is -0.330 e. The minimum atomic E-state index is 0.600. The Hall–Kier alpha value is -1.81. The van der Waals surface area contributed by atoms with E-state index < -0.39 is 0 Å². The average Bonchev–Trinajstić information content (AvgIpc) is 2.30. The molecular formula is C12H14N4. The quantitative estimate of drug-likeness (QED) is 0.837. The van der Waals surface area contributed by atoms with Crippen LogP contribution in [0.1, 0.15) is 11.4 Å². The zero-order valence-electron chi connectivity index (χ0n) is 9.22. The zero-order chi connectivity index (χ0) is 11.4. The van der Waals surface area contributed by atoms with Gasteiger partial charge in [0.15, 0.2) is 5.82 Å². The van der Waals surface area contributed by atoms with Crippen molar-refractivity contribution in [3.8, 4) is 11.4 Å². The molecule has 16 heavy (non-hydrogen) atoms. The van der Waals surface area contributed by atoms with Gasteiger partial charge in [-0.2, -0.15) is 0 Å². The third-order valence-electron chi connectivity index (χ3n) is 2.23. The monoisotopic (exact) mass is 214 g/mol. The van der Waals surface area contributed by atoms with Gasteiger partial charge < -0.3 is 5.73 Å². The molecule has 4 heteroatoms. The Labute approximate surface area is 94.6 Å². The van der Waals surface area contributed by atoms with Crippen LogP contribution in [0.4, 0.5) is 0 Å². The van der Waals surface area contributed by atoms with Crippen LogP contribution in [0, 0.1) is 6.92 Å². The maximum absolute atomic E-state index is 5.53. The van der Waals surface area contributed by atoms with E-state index in [1.165, 1.54) is 0 Å². The summed E-state index contributed by atoms with van der Waals surface area (Å²) in [6.45, 7) is 2.56. The highest BCUT2D eigenvalue weighted by molar-refractivity contribution is 5.53. The molecule has 0 saturated carbocycles. The first-order chi connectivity index (χ1) is 7.79. The number of hydrogen-bond donors (Lipinski definition) is 1. The van der Waals surface area contributed by atoms with Crippen molar-refractivity contribution in [2.24, 2.45) is 5.73 Å². The largest absolute Gasteiger partial charge is 0.330 e. The van der Waals surface area contributed by atoms with E-state index in [0.29, 0.717) is 6.54 Å². The fourth-order valence-corrected chi connectivity index (χ4v) is 1.53. The van der Waals surface area contributed by atoms with Gasteiger partial charge in [0.2, 0.25) is 0 Å². The summed E-state index contributed by atoms with van der Waals surface area (Å²) in [4.78, 5) is 12.9. The first-order valence-corrected chi connectivity index (χ1v) is 5.24. The van der Waals surface area contributed by atoms with E-state index in [0.717, 1.165) is 29.2 Å². The Bertz CT molecular complexity index is 468. The van der Waals surface area contributed by atoms with Crippen LogP contribution in [0.3, 0.4) is 0 Å². The highest BCUT2D eigenvalue weighted by Crippen LogP contribution is 2.14. The molecule has 0 fully saturated rings. The molecule has 2 rings (SSSR count). The SMILES string of the molecule is Cc1cc(CCN)nc(-c2cccnc2)n1. The molecule has 2 aromatic rings. The van der Waals surface area contributed by atoms with Gasteiger partial charge in [0.05, 0.1) is 0 Å². The van der Waals surface area contributed by atoms with Crippen LogP contribution in [-0.4, -0.2) is 21.5 Å². The number of pyridine rings is 1. The lowest BCUT2D eigenvalue weighted by Gasteiger charge is -2.04. The Morgan fingerprint density at radius 2 is 2.19 bits per heavy atom. The van der Waals surface area contributed by atoms with Gasteiger partial charge in [-0.1, -0.05) is 0 Å². The zero-order valence-corrected chi connectivity index (χ0v) is 9.22. The second-order valence-electron chi connectivity index (χ2n) is 3.60. The first-order valence-electron chi connectivity index (χ1n) is 5.24. The maximum Gasteiger partial charge on any atom is 0.161 e. The third kappa shape index (κ3) is 2.41. The maximum atomic E-state index is 5.53. The average molecular weight is 214 g/mol. The summed E-state index contributed by atoms with van der Waals surface area (Å²) in [5.74, 6) is 0.719. The Morgan fingerprint density at radius 1 is 1.31 bits per heavy atom. The molecule has 0 saturated heterocycles. The molecule has 0 spiro atoms. The highest BCUT2D eigenvalue weighted by Gasteiger charge is 2.04. The standard InChI is InChI=1S/C12H14N4/c1-9-7-11(4-5-13)16-12(15-9)10-3-2-6-14-8-10/h2-3,6-8H,4-5,13H2,1H3. The molecule has 0 atom stereocenters. The molecule has 0 aliphatic heterocycles. The summed E-state index contributed by atoms with van der Waals surface area (Å²) in [7, 11) is 0. The fourth-order valence-electron chi connectivity index (χ4n) is 1.53. The fraction of sp³-hybridized carbons (Fsp3) is 0.250. The normalized spacial score (nSPS) is 10.4. The van der Waals surface area contributed by atoms with Crippen LogP contribution in [-0.2, 0) is 6.42 Å². The Kier molecular flexibility index (Phi) is 3.22. The molecule has 0 aliphatic carbocycles. The highest BCUT2D eigenvalue weighted by atomic mass is 14.9. The number of aryl methyl sites for hydroxylation is 1. The Morgan fingerprint density at radius 3 is 2.88 bits per heavy atom.